The van der Waals surface area contributed by atoms with Crippen LogP contribution in [0.2, 0.25) is 0 Å². The van der Waals surface area contributed by atoms with Crippen molar-refractivity contribution in [2.75, 3.05) is 35.5 Å². The lowest BCUT2D eigenvalue weighted by Gasteiger charge is -1.91. The Morgan fingerprint density at radius 3 is 1.25 bits per heavy atom. The lowest BCUT2D eigenvalue weighted by molar-refractivity contribution is -0.136. The molecule has 0 bridgehead atoms. The Hall–Kier alpha value is -6.84. The number of aliphatic hydroxyl groups excluding tert-OH is 1. The molecule has 1 rings (SSSR count). The zero-order valence-corrected chi connectivity index (χ0v) is 30.5. The smallest absolute Gasteiger partial charge is 0.332 e. The first-order valence-electron chi connectivity index (χ1n) is 13.9. The molecule has 0 atom stereocenters. The third kappa shape index (κ3) is 62.1. The van der Waals surface area contributed by atoms with Crippen LogP contribution in [0.1, 0.15) is 26.3 Å². The van der Waals surface area contributed by atoms with E-state index >= 15 is 0 Å². The van der Waals surface area contributed by atoms with Gasteiger partial charge in [-0.1, -0.05) is 56.6 Å². The minimum atomic E-state index is -1.17. The van der Waals surface area contributed by atoms with Crippen molar-refractivity contribution in [2.45, 2.75) is 20.8 Å². The van der Waals surface area contributed by atoms with Crippen LogP contribution in [0.3, 0.4) is 0 Å². The molecule has 0 fully saturated rings. The van der Waals surface area contributed by atoms with Crippen molar-refractivity contribution in [1.29, 1.82) is 0 Å². The van der Waals surface area contributed by atoms with Crippen LogP contribution in [0.25, 0.3) is 6.08 Å². The number of hydrogen-bond donors (Lipinski definition) is 2. The molecule has 1 aromatic carbocycles. The number of ketones is 1. The third-order valence-electron chi connectivity index (χ3n) is 3.78. The number of allylic oxidation sites excluding steroid dienone is 1. The molecule has 0 heterocycles. The van der Waals surface area contributed by atoms with E-state index in [2.05, 4.69) is 54.7 Å². The van der Waals surface area contributed by atoms with E-state index in [4.69, 9.17) is 10.2 Å². The Balaban J connectivity index is -0.000000122. The molecule has 52 heavy (non-hydrogen) atoms. The number of methoxy groups -OCH3 is 5. The summed E-state index contributed by atoms with van der Waals surface area (Å²) in [5.41, 5.74) is 1.42. The molecule has 0 saturated carbocycles. The summed E-state index contributed by atoms with van der Waals surface area (Å²) in [5.74, 6) is -3.91. The first-order valence-corrected chi connectivity index (χ1v) is 13.9. The van der Waals surface area contributed by atoms with Crippen molar-refractivity contribution in [3.8, 4) is 0 Å². The second kappa shape index (κ2) is 44.2. The number of carboxylic acid groups (broad SMARTS) is 1. The maximum Gasteiger partial charge on any atom is 0.332 e. The van der Waals surface area contributed by atoms with Gasteiger partial charge in [0.15, 0.2) is 5.78 Å². The molecule has 0 spiro atoms. The first kappa shape index (κ1) is 57.4. The Morgan fingerprint density at radius 2 is 1.02 bits per heavy atom. The Bertz CT molecular complexity index is 1300. The predicted molar refractivity (Wildman–Crippen MR) is 192 cm³/mol. The number of hydrogen-bond acceptors (Lipinski definition) is 15. The van der Waals surface area contributed by atoms with E-state index in [0.717, 1.165) is 42.4 Å². The van der Waals surface area contributed by atoms with E-state index in [0.29, 0.717) is 11.6 Å². The van der Waals surface area contributed by atoms with Crippen LogP contribution in [0.15, 0.2) is 111 Å². The van der Waals surface area contributed by atoms with Crippen LogP contribution in [-0.2, 0) is 66.8 Å². The number of aliphatic carboxylic acids is 1. The molecule has 0 unspecified atom stereocenters. The second-order valence-electron chi connectivity index (χ2n) is 7.89. The molecule has 288 valence electrons. The fraction of sp³-hybridized carbons (Fsp3) is 0.222. The van der Waals surface area contributed by atoms with E-state index in [1.165, 1.54) is 55.5 Å². The fourth-order valence-electron chi connectivity index (χ4n) is 1.63. The number of esters is 6. The molecule has 0 aliphatic rings. The maximum absolute atomic E-state index is 10.7. The maximum atomic E-state index is 10.7. The molecule has 16 nitrogen and oxygen atoms in total. The van der Waals surface area contributed by atoms with Crippen LogP contribution in [-0.4, -0.2) is 93.3 Å². The molecule has 1 aromatic rings. The van der Waals surface area contributed by atoms with Crippen LogP contribution in [0, 0.1) is 0 Å². The number of ether oxygens (including phenoxy) is 6. The molecule has 0 amide bonds. The highest BCUT2D eigenvalue weighted by molar-refractivity contribution is 5.94. The standard InChI is InChI=1S/C10H10O2.C6H8O3.C5H6O4.C5H8O2.2C4H6O2.C2H4O/c1-12-10(11)8-7-9-5-3-2-4-6-9;1-5(7)3-4-6(8)9-2;1-9-5(8)3-2-4(6)7;1-4(2)5(6)7-3;1-3-4(5)6-2;1-3-6-4(2)5;1-2-3/h2-8H,1H3;3-4H,1-2H3;2-3H,1H3,(H,6,7);1H2,2-3H3;2*3H,1H2,2H3;2-3H,1H2/b8-7+;;;;;;. The Labute approximate surface area is 303 Å². The summed E-state index contributed by atoms with van der Waals surface area (Å²) >= 11 is 0. The fourth-order valence-corrected chi connectivity index (χ4v) is 1.63. The molecule has 0 radical (unpaired) electrons. The van der Waals surface area contributed by atoms with Gasteiger partial charge in [0, 0.05) is 42.9 Å². The van der Waals surface area contributed by atoms with E-state index in [1.54, 1.807) is 13.0 Å². The number of carbonyl (C=O) groups is 8. The normalized spacial score (nSPS) is 8.46. The number of carboxylic acids is 1. The second-order valence-corrected chi connectivity index (χ2v) is 7.89. The van der Waals surface area contributed by atoms with Gasteiger partial charge in [-0.15, -0.1) is 0 Å². The quantitative estimate of drug-likeness (QED) is 0.154. The van der Waals surface area contributed by atoms with Crippen LogP contribution in [0.4, 0.5) is 0 Å². The van der Waals surface area contributed by atoms with Crippen molar-refractivity contribution in [1.82, 2.24) is 0 Å². The average Bonchev–Trinajstić information content (AvgIpc) is 3.12. The van der Waals surface area contributed by atoms with Crippen molar-refractivity contribution in [3.63, 3.8) is 0 Å². The van der Waals surface area contributed by atoms with Gasteiger partial charge in [-0.2, -0.15) is 0 Å². The highest BCUT2D eigenvalue weighted by Gasteiger charge is 1.95. The van der Waals surface area contributed by atoms with Gasteiger partial charge in [0.2, 0.25) is 0 Å². The predicted octanol–water partition coefficient (Wildman–Crippen LogP) is 4.44. The molecule has 0 saturated heterocycles. The summed E-state index contributed by atoms with van der Waals surface area (Å²) in [4.78, 5) is 80.7. The largest absolute Gasteiger partial charge is 0.516 e. The molecular weight excluding hydrogens is 688 g/mol. The Kier molecular flexibility index (Phi) is 48.8. The molecule has 2 N–H and O–H groups in total. The van der Waals surface area contributed by atoms with E-state index in [-0.39, 0.29) is 23.7 Å². The number of aliphatic hydroxyl groups is 1. The van der Waals surface area contributed by atoms with Gasteiger partial charge in [0.25, 0.3) is 0 Å². The Morgan fingerprint density at radius 1 is 0.615 bits per heavy atom. The van der Waals surface area contributed by atoms with Gasteiger partial charge >= 0.3 is 41.8 Å². The number of carbonyl (C=O) groups excluding carboxylic acids is 7. The summed E-state index contributed by atoms with van der Waals surface area (Å²) < 4.78 is 25.4. The van der Waals surface area contributed by atoms with E-state index < -0.39 is 23.9 Å². The SMILES string of the molecule is C=C(C)C(=O)OC.C=CC(=O)OC.C=CO.C=COC(C)=O.COC(=O)/C=C/c1ccccc1.COC(=O)C=CC(=O)O.COC(=O)C=CC(C)=O. The summed E-state index contributed by atoms with van der Waals surface area (Å²) in [6.07, 6.45) is 9.87. The summed E-state index contributed by atoms with van der Waals surface area (Å²) in [6, 6.07) is 9.59. The first-order chi connectivity index (χ1) is 24.3. The lowest BCUT2D eigenvalue weighted by atomic mass is 10.2. The summed E-state index contributed by atoms with van der Waals surface area (Å²) in [6.45, 7) is 16.9. The molecule has 16 heteroatoms. The molecule has 0 aliphatic heterocycles. The number of benzene rings is 1. The van der Waals surface area contributed by atoms with E-state index in [1.807, 2.05) is 30.3 Å². The van der Waals surface area contributed by atoms with Gasteiger partial charge in [-0.05, 0) is 31.6 Å². The minimum absolute atomic E-state index is 0.166. The average molecular weight is 737 g/mol. The zero-order chi connectivity index (χ0) is 41.9. The van der Waals surface area contributed by atoms with E-state index in [9.17, 15) is 38.4 Å². The van der Waals surface area contributed by atoms with Crippen molar-refractivity contribution >= 4 is 53.6 Å². The van der Waals surface area contributed by atoms with Crippen LogP contribution in [0.5, 0.6) is 0 Å². The minimum Gasteiger partial charge on any atom is -0.516 e. The van der Waals surface area contributed by atoms with Gasteiger partial charge in [-0.25, -0.2) is 28.8 Å². The number of rotatable bonds is 9. The lowest BCUT2D eigenvalue weighted by Crippen LogP contribution is -1.98. The van der Waals surface area contributed by atoms with Crippen molar-refractivity contribution < 1.29 is 77.0 Å². The molecule has 0 aliphatic carbocycles. The van der Waals surface area contributed by atoms with Crippen molar-refractivity contribution in [3.05, 3.63) is 117 Å². The molecule has 0 aromatic heterocycles. The van der Waals surface area contributed by atoms with Crippen LogP contribution < -0.4 is 0 Å². The van der Waals surface area contributed by atoms with Crippen LogP contribution >= 0.6 is 0 Å². The summed E-state index contributed by atoms with van der Waals surface area (Å²) in [5, 5.41) is 15.3. The highest BCUT2D eigenvalue weighted by atomic mass is 16.5. The van der Waals surface area contributed by atoms with Gasteiger partial charge in [0.1, 0.15) is 0 Å². The zero-order valence-electron chi connectivity index (χ0n) is 30.5. The van der Waals surface area contributed by atoms with Gasteiger partial charge in [0.05, 0.1) is 48.1 Å². The monoisotopic (exact) mass is 736 g/mol. The van der Waals surface area contributed by atoms with Gasteiger partial charge < -0.3 is 38.6 Å². The highest BCUT2D eigenvalue weighted by Crippen LogP contribution is 2.00. The molecular formula is C36H48O16. The third-order valence-corrected chi connectivity index (χ3v) is 3.78. The van der Waals surface area contributed by atoms with Crippen molar-refractivity contribution in [2.24, 2.45) is 0 Å². The summed E-state index contributed by atoms with van der Waals surface area (Å²) in [7, 11) is 6.43. The van der Waals surface area contributed by atoms with Gasteiger partial charge in [-0.3, -0.25) is 9.59 Å². The topological polar surface area (TPSA) is 232 Å².